The van der Waals surface area contributed by atoms with Crippen LogP contribution in [0.1, 0.15) is 28.1 Å². The van der Waals surface area contributed by atoms with Crippen LogP contribution in [0, 0.1) is 5.92 Å². The van der Waals surface area contributed by atoms with E-state index in [0.717, 1.165) is 0 Å². The Balaban J connectivity index is 1.54. The van der Waals surface area contributed by atoms with Crippen LogP contribution < -0.4 is 5.32 Å². The van der Waals surface area contributed by atoms with Crippen LogP contribution in [0.5, 0.6) is 0 Å². The molecular formula is C18H18N2O5. The molecule has 2 amide bonds. The molecule has 7 heteroatoms. The molecule has 0 saturated carbocycles. The Morgan fingerprint density at radius 1 is 1.28 bits per heavy atom. The molecule has 0 bridgehead atoms. The molecule has 1 aromatic carbocycles. The van der Waals surface area contributed by atoms with Crippen molar-refractivity contribution in [1.29, 1.82) is 0 Å². The fraction of sp³-hybridized carbons (Fsp3) is 0.278. The number of carbonyl (C=O) groups excluding carboxylic acids is 2. The maximum atomic E-state index is 12.3. The van der Waals surface area contributed by atoms with Gasteiger partial charge in [0.25, 0.3) is 0 Å². The van der Waals surface area contributed by atoms with Crippen molar-refractivity contribution in [2.75, 3.05) is 6.54 Å². The largest absolute Gasteiger partial charge is 0.478 e. The summed E-state index contributed by atoms with van der Waals surface area (Å²) in [6.45, 7) is 0.930. The summed E-state index contributed by atoms with van der Waals surface area (Å²) < 4.78 is 5.23. The van der Waals surface area contributed by atoms with Crippen LogP contribution in [0.4, 0.5) is 0 Å². The molecule has 1 unspecified atom stereocenters. The average Bonchev–Trinajstić information content (AvgIpc) is 3.23. The van der Waals surface area contributed by atoms with Gasteiger partial charge in [0.05, 0.1) is 24.3 Å². The van der Waals surface area contributed by atoms with Crippen LogP contribution in [0.25, 0.3) is 0 Å². The van der Waals surface area contributed by atoms with Crippen LogP contribution in [0.3, 0.4) is 0 Å². The van der Waals surface area contributed by atoms with E-state index in [0.29, 0.717) is 24.4 Å². The van der Waals surface area contributed by atoms with Gasteiger partial charge < -0.3 is 19.7 Å². The third-order valence-electron chi connectivity index (χ3n) is 4.15. The Bertz CT molecular complexity index is 785. The SMILES string of the molecule is O=C(O)c1cccc(CNC(=O)C2CC(=O)N(Cc3ccco3)C2)c1. The molecule has 1 aliphatic rings. The molecule has 2 N–H and O–H groups in total. The lowest BCUT2D eigenvalue weighted by molar-refractivity contribution is -0.129. The van der Waals surface area contributed by atoms with Crippen LogP contribution >= 0.6 is 0 Å². The van der Waals surface area contributed by atoms with Crippen molar-refractivity contribution in [3.63, 3.8) is 0 Å². The molecule has 0 radical (unpaired) electrons. The second-order valence-electron chi connectivity index (χ2n) is 5.98. The molecule has 1 saturated heterocycles. The highest BCUT2D eigenvalue weighted by molar-refractivity contribution is 5.89. The summed E-state index contributed by atoms with van der Waals surface area (Å²) >= 11 is 0. The Morgan fingerprint density at radius 3 is 2.84 bits per heavy atom. The minimum atomic E-state index is -1.01. The second-order valence-corrected chi connectivity index (χ2v) is 5.98. The maximum Gasteiger partial charge on any atom is 0.335 e. The number of furan rings is 1. The lowest BCUT2D eigenvalue weighted by Crippen LogP contribution is -2.32. The first kappa shape index (κ1) is 16.8. The zero-order chi connectivity index (χ0) is 17.8. The number of carbonyl (C=O) groups is 3. The van der Waals surface area contributed by atoms with Gasteiger partial charge in [-0.3, -0.25) is 9.59 Å². The van der Waals surface area contributed by atoms with Crippen molar-refractivity contribution in [3.05, 3.63) is 59.5 Å². The van der Waals surface area contributed by atoms with Gasteiger partial charge in [0.2, 0.25) is 11.8 Å². The van der Waals surface area contributed by atoms with E-state index in [2.05, 4.69) is 5.32 Å². The highest BCUT2D eigenvalue weighted by Gasteiger charge is 2.34. The van der Waals surface area contributed by atoms with E-state index in [4.69, 9.17) is 9.52 Å². The summed E-state index contributed by atoms with van der Waals surface area (Å²) in [4.78, 5) is 36.9. The molecule has 130 valence electrons. The lowest BCUT2D eigenvalue weighted by atomic mass is 10.1. The quantitative estimate of drug-likeness (QED) is 0.831. The summed E-state index contributed by atoms with van der Waals surface area (Å²) in [5, 5.41) is 11.8. The fourth-order valence-corrected chi connectivity index (χ4v) is 2.84. The van der Waals surface area contributed by atoms with Crippen LogP contribution in [0.2, 0.25) is 0 Å². The summed E-state index contributed by atoms with van der Waals surface area (Å²) in [5.41, 5.74) is 0.873. The Labute approximate surface area is 144 Å². The second kappa shape index (κ2) is 7.21. The van der Waals surface area contributed by atoms with Gasteiger partial charge in [0.1, 0.15) is 5.76 Å². The number of carboxylic acids is 1. The van der Waals surface area contributed by atoms with Gasteiger partial charge in [-0.05, 0) is 29.8 Å². The van der Waals surface area contributed by atoms with E-state index < -0.39 is 11.9 Å². The molecule has 1 aliphatic heterocycles. The minimum absolute atomic E-state index is 0.0792. The highest BCUT2D eigenvalue weighted by atomic mass is 16.4. The summed E-state index contributed by atoms with van der Waals surface area (Å²) in [6, 6.07) is 9.94. The van der Waals surface area contributed by atoms with Crippen molar-refractivity contribution in [3.8, 4) is 0 Å². The first-order valence-corrected chi connectivity index (χ1v) is 7.93. The van der Waals surface area contributed by atoms with Gasteiger partial charge in [-0.1, -0.05) is 12.1 Å². The van der Waals surface area contributed by atoms with Gasteiger partial charge in [-0.25, -0.2) is 4.79 Å². The molecule has 2 aromatic rings. The molecule has 3 rings (SSSR count). The van der Waals surface area contributed by atoms with E-state index in [9.17, 15) is 14.4 Å². The summed E-state index contributed by atoms with van der Waals surface area (Å²) in [5.74, 6) is -1.03. The molecule has 1 atom stereocenters. The third-order valence-corrected chi connectivity index (χ3v) is 4.15. The molecule has 1 aromatic heterocycles. The first-order chi connectivity index (χ1) is 12.0. The summed E-state index contributed by atoms with van der Waals surface area (Å²) in [7, 11) is 0. The van der Waals surface area contributed by atoms with Gasteiger partial charge in [0, 0.05) is 19.5 Å². The number of rotatable bonds is 6. The van der Waals surface area contributed by atoms with E-state index in [-0.39, 0.29) is 30.3 Å². The highest BCUT2D eigenvalue weighted by Crippen LogP contribution is 2.20. The number of amides is 2. The lowest BCUT2D eigenvalue weighted by Gasteiger charge is -2.15. The Morgan fingerprint density at radius 2 is 2.12 bits per heavy atom. The minimum Gasteiger partial charge on any atom is -0.478 e. The number of hydrogen-bond donors (Lipinski definition) is 2. The van der Waals surface area contributed by atoms with E-state index >= 15 is 0 Å². The molecule has 1 fully saturated rings. The van der Waals surface area contributed by atoms with Gasteiger partial charge >= 0.3 is 5.97 Å². The number of benzene rings is 1. The zero-order valence-corrected chi connectivity index (χ0v) is 13.5. The van der Waals surface area contributed by atoms with Crippen molar-refractivity contribution < 1.29 is 23.9 Å². The standard InChI is InChI=1S/C18H18N2O5/c21-16-8-14(10-20(16)11-15-5-2-6-25-15)17(22)19-9-12-3-1-4-13(7-12)18(23)24/h1-7,14H,8-11H2,(H,19,22)(H,23,24). The average molecular weight is 342 g/mol. The van der Waals surface area contributed by atoms with Crippen LogP contribution in [-0.4, -0.2) is 34.3 Å². The van der Waals surface area contributed by atoms with E-state index in [1.54, 1.807) is 35.4 Å². The molecule has 25 heavy (non-hydrogen) atoms. The van der Waals surface area contributed by atoms with Crippen LogP contribution in [0.15, 0.2) is 47.1 Å². The number of aromatic carboxylic acids is 1. The monoisotopic (exact) mass is 342 g/mol. The number of nitrogens with zero attached hydrogens (tertiary/aromatic N) is 1. The molecular weight excluding hydrogens is 324 g/mol. The Hall–Kier alpha value is -3.09. The molecule has 7 nitrogen and oxygen atoms in total. The van der Waals surface area contributed by atoms with Crippen molar-refractivity contribution in [1.82, 2.24) is 10.2 Å². The normalized spacial score (nSPS) is 16.9. The van der Waals surface area contributed by atoms with Gasteiger partial charge in [-0.15, -0.1) is 0 Å². The van der Waals surface area contributed by atoms with Crippen molar-refractivity contribution in [2.24, 2.45) is 5.92 Å². The predicted molar refractivity (Wildman–Crippen MR) is 87.5 cm³/mol. The van der Waals surface area contributed by atoms with Crippen molar-refractivity contribution in [2.45, 2.75) is 19.5 Å². The molecule has 0 spiro atoms. The first-order valence-electron chi connectivity index (χ1n) is 7.93. The van der Waals surface area contributed by atoms with Gasteiger partial charge in [0.15, 0.2) is 0 Å². The fourth-order valence-electron chi connectivity index (χ4n) is 2.84. The third kappa shape index (κ3) is 4.06. The molecule has 0 aliphatic carbocycles. The number of hydrogen-bond acceptors (Lipinski definition) is 4. The van der Waals surface area contributed by atoms with E-state index in [1.807, 2.05) is 0 Å². The molecule has 2 heterocycles. The Kier molecular flexibility index (Phi) is 4.83. The topological polar surface area (TPSA) is 99.8 Å². The van der Waals surface area contributed by atoms with Gasteiger partial charge in [-0.2, -0.15) is 0 Å². The van der Waals surface area contributed by atoms with Crippen molar-refractivity contribution >= 4 is 17.8 Å². The zero-order valence-electron chi connectivity index (χ0n) is 13.5. The predicted octanol–water partition coefficient (Wildman–Crippen LogP) is 1.64. The van der Waals surface area contributed by atoms with Crippen LogP contribution in [-0.2, 0) is 22.7 Å². The number of carboxylic acid groups (broad SMARTS) is 1. The summed E-state index contributed by atoms with van der Waals surface area (Å²) in [6.07, 6.45) is 1.72. The van der Waals surface area contributed by atoms with E-state index in [1.165, 1.54) is 12.1 Å². The maximum absolute atomic E-state index is 12.3. The number of likely N-dealkylation sites (tertiary alicyclic amines) is 1. The number of nitrogens with one attached hydrogen (secondary N) is 1. The smallest absolute Gasteiger partial charge is 0.335 e.